The van der Waals surface area contributed by atoms with Crippen LogP contribution in [0.25, 0.3) is 10.9 Å². The van der Waals surface area contributed by atoms with Crippen molar-refractivity contribution >= 4 is 22.5 Å². The standard InChI is InChI=1S/C33H32ClFN4O5/c1-20-5-6-22(29(13-20)42-3)18-39-31(19-44-24-9-10-27(35)26(34)14-24)38-32-25(33(39)40)11-12-37-28(32)17-36-16-21-7-8-23(41-2)15-30(21)43-4/h5-15,36H,16-19H2,1-4H3. The number of hydrogen-bond acceptors (Lipinski definition) is 8. The molecule has 0 aliphatic rings. The molecule has 2 heterocycles. The molecule has 0 atom stereocenters. The highest BCUT2D eigenvalue weighted by Crippen LogP contribution is 2.26. The van der Waals surface area contributed by atoms with Gasteiger partial charge in [-0.2, -0.15) is 0 Å². The summed E-state index contributed by atoms with van der Waals surface area (Å²) in [4.78, 5) is 23.4. The monoisotopic (exact) mass is 618 g/mol. The van der Waals surface area contributed by atoms with Crippen molar-refractivity contribution in [1.29, 1.82) is 0 Å². The number of aromatic nitrogens is 3. The normalized spacial score (nSPS) is 11.0. The second-order valence-electron chi connectivity index (χ2n) is 10.0. The minimum absolute atomic E-state index is 0.0678. The number of nitrogens with zero attached hydrogens (tertiary/aromatic N) is 3. The van der Waals surface area contributed by atoms with Gasteiger partial charge in [0.25, 0.3) is 5.56 Å². The van der Waals surface area contributed by atoms with Gasteiger partial charge in [-0.25, -0.2) is 9.37 Å². The van der Waals surface area contributed by atoms with Crippen LogP contribution >= 0.6 is 11.6 Å². The van der Waals surface area contributed by atoms with E-state index in [1.54, 1.807) is 38.2 Å². The summed E-state index contributed by atoms with van der Waals surface area (Å²) in [5.41, 5.74) is 3.56. The maximum Gasteiger partial charge on any atom is 0.261 e. The van der Waals surface area contributed by atoms with Crippen LogP contribution in [-0.2, 0) is 26.2 Å². The van der Waals surface area contributed by atoms with Crippen LogP contribution < -0.4 is 29.8 Å². The third-order valence-electron chi connectivity index (χ3n) is 7.16. The number of benzene rings is 3. The fraction of sp³-hybridized carbons (Fsp3) is 0.242. The lowest BCUT2D eigenvalue weighted by molar-refractivity contribution is 0.287. The summed E-state index contributed by atoms with van der Waals surface area (Å²) >= 11 is 5.96. The Bertz CT molecular complexity index is 1860. The first kappa shape index (κ1) is 30.8. The summed E-state index contributed by atoms with van der Waals surface area (Å²) in [7, 11) is 4.80. The van der Waals surface area contributed by atoms with Crippen molar-refractivity contribution in [3.8, 4) is 23.0 Å². The molecule has 0 amide bonds. The van der Waals surface area contributed by atoms with Gasteiger partial charge in [-0.3, -0.25) is 14.3 Å². The molecular formula is C33H32ClFN4O5. The highest BCUT2D eigenvalue weighted by Gasteiger charge is 2.17. The minimum Gasteiger partial charge on any atom is -0.497 e. The largest absolute Gasteiger partial charge is 0.497 e. The molecule has 11 heteroatoms. The van der Waals surface area contributed by atoms with Crippen LogP contribution in [0.4, 0.5) is 4.39 Å². The van der Waals surface area contributed by atoms with Crippen molar-refractivity contribution in [3.05, 3.63) is 116 Å². The maximum atomic E-state index is 14.0. The third kappa shape index (κ3) is 6.77. The molecule has 0 aliphatic heterocycles. The lowest BCUT2D eigenvalue weighted by Crippen LogP contribution is -2.28. The van der Waals surface area contributed by atoms with Gasteiger partial charge in [-0.15, -0.1) is 0 Å². The van der Waals surface area contributed by atoms with Crippen LogP contribution in [0.15, 0.2) is 71.7 Å². The van der Waals surface area contributed by atoms with Crippen molar-refractivity contribution < 1.29 is 23.3 Å². The fourth-order valence-electron chi connectivity index (χ4n) is 4.83. The molecule has 44 heavy (non-hydrogen) atoms. The number of aryl methyl sites for hydroxylation is 1. The van der Waals surface area contributed by atoms with Gasteiger partial charge < -0.3 is 24.3 Å². The molecule has 0 fully saturated rings. The summed E-state index contributed by atoms with van der Waals surface area (Å²) in [6, 6.07) is 17.1. The molecular weight excluding hydrogens is 587 g/mol. The molecule has 1 N–H and O–H groups in total. The second-order valence-corrected chi connectivity index (χ2v) is 10.4. The van der Waals surface area contributed by atoms with Crippen LogP contribution in [0.3, 0.4) is 0 Å². The van der Waals surface area contributed by atoms with Crippen molar-refractivity contribution in [2.45, 2.75) is 33.2 Å². The van der Waals surface area contributed by atoms with Gasteiger partial charge in [0.1, 0.15) is 40.9 Å². The van der Waals surface area contributed by atoms with E-state index in [0.717, 1.165) is 16.7 Å². The SMILES string of the molecule is COc1ccc(CNCc2nccc3c(=O)n(Cc4ccc(C)cc4OC)c(COc4ccc(F)c(Cl)c4)nc23)c(OC)c1. The Morgan fingerprint density at radius 1 is 0.886 bits per heavy atom. The zero-order valence-electron chi connectivity index (χ0n) is 24.8. The van der Waals surface area contributed by atoms with E-state index in [0.29, 0.717) is 58.5 Å². The van der Waals surface area contributed by atoms with Gasteiger partial charge in [0, 0.05) is 42.5 Å². The molecule has 0 unspecified atom stereocenters. The van der Waals surface area contributed by atoms with Gasteiger partial charge in [0.05, 0.1) is 44.0 Å². The van der Waals surface area contributed by atoms with E-state index in [1.807, 2.05) is 43.3 Å². The topological polar surface area (TPSA) is 96.7 Å². The number of pyridine rings is 1. The second kappa shape index (κ2) is 13.7. The highest BCUT2D eigenvalue weighted by molar-refractivity contribution is 6.30. The fourth-order valence-corrected chi connectivity index (χ4v) is 5.00. The van der Waals surface area contributed by atoms with E-state index >= 15 is 0 Å². The molecule has 0 bridgehead atoms. The van der Waals surface area contributed by atoms with Gasteiger partial charge >= 0.3 is 0 Å². The van der Waals surface area contributed by atoms with E-state index in [-0.39, 0.29) is 23.7 Å². The Hall–Kier alpha value is -4.67. The highest BCUT2D eigenvalue weighted by atomic mass is 35.5. The molecule has 3 aromatic carbocycles. The van der Waals surface area contributed by atoms with E-state index in [1.165, 1.54) is 18.2 Å². The molecule has 2 aromatic heterocycles. The first-order valence-electron chi connectivity index (χ1n) is 13.8. The van der Waals surface area contributed by atoms with Crippen LogP contribution in [0.5, 0.6) is 23.0 Å². The van der Waals surface area contributed by atoms with Crippen molar-refractivity contribution in [3.63, 3.8) is 0 Å². The minimum atomic E-state index is -0.554. The average Bonchev–Trinajstić information content (AvgIpc) is 3.04. The summed E-state index contributed by atoms with van der Waals surface area (Å²) in [5.74, 6) is 2.19. The molecule has 228 valence electrons. The quantitative estimate of drug-likeness (QED) is 0.186. The molecule has 0 saturated heterocycles. The van der Waals surface area contributed by atoms with Crippen LogP contribution in [0.2, 0.25) is 5.02 Å². The van der Waals surface area contributed by atoms with Crippen molar-refractivity contribution in [2.24, 2.45) is 0 Å². The Morgan fingerprint density at radius 3 is 2.39 bits per heavy atom. The predicted octanol–water partition coefficient (Wildman–Crippen LogP) is 5.84. The zero-order valence-corrected chi connectivity index (χ0v) is 25.6. The van der Waals surface area contributed by atoms with E-state index in [4.69, 9.17) is 35.5 Å². The van der Waals surface area contributed by atoms with Gasteiger partial charge in [-0.05, 0) is 42.8 Å². The number of fused-ring (bicyclic) bond motifs is 1. The predicted molar refractivity (Wildman–Crippen MR) is 166 cm³/mol. The van der Waals surface area contributed by atoms with E-state index in [9.17, 15) is 9.18 Å². The van der Waals surface area contributed by atoms with Gasteiger partial charge in [0.2, 0.25) is 0 Å². The first-order chi connectivity index (χ1) is 21.3. The van der Waals surface area contributed by atoms with E-state index < -0.39 is 5.82 Å². The average molecular weight is 619 g/mol. The third-order valence-corrected chi connectivity index (χ3v) is 7.45. The number of rotatable bonds is 12. The lowest BCUT2D eigenvalue weighted by atomic mass is 10.1. The molecule has 0 radical (unpaired) electrons. The molecule has 0 aliphatic carbocycles. The Kier molecular flexibility index (Phi) is 9.62. The summed E-state index contributed by atoms with van der Waals surface area (Å²) in [6.07, 6.45) is 1.60. The van der Waals surface area contributed by atoms with Gasteiger partial charge in [0.15, 0.2) is 5.82 Å². The number of nitrogens with one attached hydrogen (secondary N) is 1. The number of ether oxygens (including phenoxy) is 4. The number of halogens is 2. The van der Waals surface area contributed by atoms with Crippen LogP contribution in [-0.4, -0.2) is 35.9 Å². The lowest BCUT2D eigenvalue weighted by Gasteiger charge is -2.17. The van der Waals surface area contributed by atoms with Crippen molar-refractivity contribution in [2.75, 3.05) is 21.3 Å². The van der Waals surface area contributed by atoms with Crippen LogP contribution in [0.1, 0.15) is 28.2 Å². The molecule has 0 saturated carbocycles. The smallest absolute Gasteiger partial charge is 0.261 e. The summed E-state index contributed by atoms with van der Waals surface area (Å²) < 4.78 is 37.6. The van der Waals surface area contributed by atoms with Gasteiger partial charge in [-0.1, -0.05) is 29.8 Å². The Morgan fingerprint density at radius 2 is 1.64 bits per heavy atom. The number of hydrogen-bond donors (Lipinski definition) is 1. The van der Waals surface area contributed by atoms with Crippen molar-refractivity contribution in [1.82, 2.24) is 19.9 Å². The van der Waals surface area contributed by atoms with Crippen LogP contribution in [0, 0.1) is 12.7 Å². The van der Waals surface area contributed by atoms with E-state index in [2.05, 4.69) is 10.3 Å². The Balaban J connectivity index is 1.50. The summed E-state index contributed by atoms with van der Waals surface area (Å²) in [5, 5.41) is 3.72. The molecule has 5 rings (SSSR count). The zero-order chi connectivity index (χ0) is 31.2. The maximum absolute atomic E-state index is 14.0. The molecule has 5 aromatic rings. The molecule has 9 nitrogen and oxygen atoms in total. The molecule has 0 spiro atoms. The first-order valence-corrected chi connectivity index (χ1v) is 14.2. The number of methoxy groups -OCH3 is 3. The Labute approximate surface area is 259 Å². The summed E-state index contributed by atoms with van der Waals surface area (Å²) in [6.45, 7) is 2.91.